The van der Waals surface area contributed by atoms with Crippen LogP contribution in [0.5, 0.6) is 0 Å². The number of benzene rings is 4. The van der Waals surface area contributed by atoms with Crippen LogP contribution in [0.15, 0.2) is 109 Å². The Bertz CT molecular complexity index is 2270. The molecule has 56 heavy (non-hydrogen) atoms. The molecule has 4 heterocycles. The third kappa shape index (κ3) is 9.82. The van der Waals surface area contributed by atoms with Gasteiger partial charge in [-0.1, -0.05) is 60.7 Å². The fourth-order valence-corrected chi connectivity index (χ4v) is 7.42. The molecule has 2 aliphatic heterocycles. The van der Waals surface area contributed by atoms with Crippen molar-refractivity contribution in [3.63, 3.8) is 0 Å². The van der Waals surface area contributed by atoms with E-state index in [1.807, 2.05) is 60.7 Å². The summed E-state index contributed by atoms with van der Waals surface area (Å²) in [6.07, 6.45) is 0.986. The molecule has 0 radical (unpaired) electrons. The average molecular weight is 751 g/mol. The summed E-state index contributed by atoms with van der Waals surface area (Å²) in [5, 5.41) is 8.03. The van der Waals surface area contributed by atoms with Gasteiger partial charge >= 0.3 is 0 Å². The van der Waals surface area contributed by atoms with Crippen LogP contribution in [0.25, 0.3) is 44.3 Å². The molecule has 2 amide bonds. The number of fused-ring (bicyclic) bond motifs is 2. The van der Waals surface area contributed by atoms with Crippen LogP contribution in [-0.4, -0.2) is 90.7 Å². The number of rotatable bonds is 9. The van der Waals surface area contributed by atoms with Gasteiger partial charge in [-0.2, -0.15) is 0 Å². The van der Waals surface area contributed by atoms with Crippen LogP contribution in [0.1, 0.15) is 37.9 Å². The number of ether oxygens (including phenoxy) is 2. The molecule has 1 unspecified atom stereocenters. The molecule has 2 aliphatic rings. The predicted octanol–water partition coefficient (Wildman–Crippen LogP) is 7.99. The van der Waals surface area contributed by atoms with Gasteiger partial charge in [-0.15, -0.1) is 0 Å². The van der Waals surface area contributed by atoms with Gasteiger partial charge in [0.25, 0.3) is 0 Å². The van der Waals surface area contributed by atoms with E-state index in [4.69, 9.17) is 19.4 Å². The first-order valence-corrected chi connectivity index (χ1v) is 19.5. The van der Waals surface area contributed by atoms with E-state index in [-0.39, 0.29) is 17.9 Å². The fraction of sp³-hybridized carbons (Fsp3) is 0.304. The summed E-state index contributed by atoms with van der Waals surface area (Å²) in [5.74, 6) is -0.139. The smallest absolute Gasteiger partial charge is 0.221 e. The lowest BCUT2D eigenvalue weighted by molar-refractivity contribution is -0.115. The highest BCUT2D eigenvalue weighted by Crippen LogP contribution is 2.32. The van der Waals surface area contributed by atoms with Crippen LogP contribution in [0, 0.1) is 0 Å². The van der Waals surface area contributed by atoms with Crippen molar-refractivity contribution >= 4 is 45.0 Å². The van der Waals surface area contributed by atoms with Crippen molar-refractivity contribution < 1.29 is 19.1 Å². The molecule has 0 spiro atoms. The summed E-state index contributed by atoms with van der Waals surface area (Å²) in [5.41, 5.74) is 10.2. The van der Waals surface area contributed by atoms with Crippen LogP contribution in [0.3, 0.4) is 0 Å². The third-order valence-corrected chi connectivity index (χ3v) is 10.4. The van der Waals surface area contributed by atoms with Crippen molar-refractivity contribution in [2.45, 2.75) is 33.2 Å². The van der Waals surface area contributed by atoms with E-state index in [0.29, 0.717) is 0 Å². The number of aromatic nitrogens is 2. The molecule has 0 saturated carbocycles. The third-order valence-electron chi connectivity index (χ3n) is 10.4. The maximum atomic E-state index is 11.2. The maximum Gasteiger partial charge on any atom is 0.221 e. The number of amides is 2. The van der Waals surface area contributed by atoms with E-state index in [9.17, 15) is 9.59 Å². The van der Waals surface area contributed by atoms with Crippen LogP contribution >= 0.6 is 0 Å². The summed E-state index contributed by atoms with van der Waals surface area (Å²) in [4.78, 5) is 37.2. The molecule has 4 aromatic carbocycles. The molecule has 288 valence electrons. The van der Waals surface area contributed by atoms with E-state index in [1.54, 1.807) is 0 Å². The highest BCUT2D eigenvalue weighted by molar-refractivity contribution is 5.90. The molecular weight excluding hydrogens is 701 g/mol. The molecule has 6 aromatic rings. The van der Waals surface area contributed by atoms with E-state index in [2.05, 4.69) is 75.9 Å². The summed E-state index contributed by atoms with van der Waals surface area (Å²) in [6, 6.07) is 37.0. The lowest BCUT2D eigenvalue weighted by Gasteiger charge is -2.33. The van der Waals surface area contributed by atoms with Gasteiger partial charge in [0, 0.05) is 85.9 Å². The lowest BCUT2D eigenvalue weighted by Crippen LogP contribution is -2.38. The van der Waals surface area contributed by atoms with Crippen molar-refractivity contribution in [3.05, 3.63) is 120 Å². The average Bonchev–Trinajstić information content (AvgIpc) is 3.23. The number of pyridine rings is 2. The van der Waals surface area contributed by atoms with E-state index in [0.717, 1.165) is 110 Å². The minimum absolute atomic E-state index is 0.0676. The number of anilines is 2. The number of para-hydroxylation sites is 2. The molecule has 10 heteroatoms. The molecule has 2 fully saturated rings. The van der Waals surface area contributed by atoms with Gasteiger partial charge in [-0.05, 0) is 73.0 Å². The van der Waals surface area contributed by atoms with Gasteiger partial charge in [-0.25, -0.2) is 9.97 Å². The highest BCUT2D eigenvalue weighted by Gasteiger charge is 2.21. The Balaban J connectivity index is 0.000000172. The number of nitrogens with zero attached hydrogens (tertiary/aromatic N) is 4. The minimum Gasteiger partial charge on any atom is -0.379 e. The number of hydrogen-bond acceptors (Lipinski definition) is 8. The molecule has 2 aromatic heterocycles. The van der Waals surface area contributed by atoms with Gasteiger partial charge in [0.1, 0.15) is 0 Å². The number of hydrogen-bond donors (Lipinski definition) is 2. The molecule has 10 nitrogen and oxygen atoms in total. The van der Waals surface area contributed by atoms with E-state index < -0.39 is 0 Å². The Morgan fingerprint density at radius 1 is 0.643 bits per heavy atom. The minimum atomic E-state index is -0.0711. The Morgan fingerprint density at radius 2 is 1.12 bits per heavy atom. The Kier molecular flexibility index (Phi) is 12.7. The zero-order valence-corrected chi connectivity index (χ0v) is 32.5. The van der Waals surface area contributed by atoms with Gasteiger partial charge in [0.2, 0.25) is 11.8 Å². The predicted molar refractivity (Wildman–Crippen MR) is 225 cm³/mol. The number of carbonyl (C=O) groups is 2. The van der Waals surface area contributed by atoms with Crippen LogP contribution in [0.2, 0.25) is 0 Å². The van der Waals surface area contributed by atoms with Gasteiger partial charge in [-0.3, -0.25) is 19.4 Å². The maximum absolute atomic E-state index is 11.2. The quantitative estimate of drug-likeness (QED) is 0.153. The second-order valence-electron chi connectivity index (χ2n) is 14.3. The van der Waals surface area contributed by atoms with Crippen molar-refractivity contribution in [1.82, 2.24) is 19.8 Å². The Labute approximate surface area is 328 Å². The standard InChI is InChI=1S/2C23H25N3O2/c1-16(26-11-13-28-14-12-26)21-15-23(25-22-6-4-3-5-20(21)22)18-7-9-19(10-8-18)24-17(2)27;1-17(27)24-20-8-6-18(7-9-20)23-16-19(10-11-26-12-14-28-15-13-26)21-4-2-3-5-22(21)25-23/h3-10,15-16H,11-14H2,1-2H3,(H,24,27);2-9,16H,10-15H2,1H3,(H,24,27). The zero-order chi connectivity index (χ0) is 38.9. The summed E-state index contributed by atoms with van der Waals surface area (Å²) >= 11 is 0. The first-order chi connectivity index (χ1) is 27.3. The van der Waals surface area contributed by atoms with Gasteiger partial charge < -0.3 is 20.1 Å². The van der Waals surface area contributed by atoms with E-state index >= 15 is 0 Å². The topological polar surface area (TPSA) is 109 Å². The molecule has 0 bridgehead atoms. The normalized spacial score (nSPS) is 15.5. The first-order valence-electron chi connectivity index (χ1n) is 19.5. The largest absolute Gasteiger partial charge is 0.379 e. The molecule has 0 aliphatic carbocycles. The summed E-state index contributed by atoms with van der Waals surface area (Å²) in [7, 11) is 0. The molecule has 2 N–H and O–H groups in total. The van der Waals surface area contributed by atoms with Crippen molar-refractivity contribution in [2.75, 3.05) is 69.8 Å². The molecular formula is C46H50N6O4. The van der Waals surface area contributed by atoms with Crippen LogP contribution < -0.4 is 10.6 Å². The van der Waals surface area contributed by atoms with Gasteiger partial charge in [0.15, 0.2) is 0 Å². The number of morpholine rings is 2. The highest BCUT2D eigenvalue weighted by atomic mass is 16.5. The fourth-order valence-electron chi connectivity index (χ4n) is 7.42. The summed E-state index contributed by atoms with van der Waals surface area (Å²) < 4.78 is 11.0. The first kappa shape index (κ1) is 38.7. The van der Waals surface area contributed by atoms with Crippen molar-refractivity contribution in [2.24, 2.45) is 0 Å². The molecule has 2 saturated heterocycles. The summed E-state index contributed by atoms with van der Waals surface area (Å²) in [6.45, 7) is 13.4. The van der Waals surface area contributed by atoms with Crippen molar-refractivity contribution in [3.8, 4) is 22.5 Å². The van der Waals surface area contributed by atoms with E-state index in [1.165, 1.54) is 35.7 Å². The molecule has 1 atom stereocenters. The monoisotopic (exact) mass is 750 g/mol. The number of nitrogens with one attached hydrogen (secondary N) is 2. The zero-order valence-electron chi connectivity index (χ0n) is 32.5. The Morgan fingerprint density at radius 3 is 1.68 bits per heavy atom. The SMILES string of the molecule is CC(=O)Nc1ccc(-c2cc(C(C)N3CCOCC3)c3ccccc3n2)cc1.CC(=O)Nc1ccc(-c2cc(CCN3CCOCC3)c3ccccc3n2)cc1. The second-order valence-corrected chi connectivity index (χ2v) is 14.3. The lowest BCUT2D eigenvalue weighted by atomic mass is 9.98. The second kappa shape index (κ2) is 18.4. The molecule has 8 rings (SSSR count). The Hall–Kier alpha value is -5.52. The van der Waals surface area contributed by atoms with Crippen molar-refractivity contribution in [1.29, 1.82) is 0 Å². The van der Waals surface area contributed by atoms with Crippen LogP contribution in [0.4, 0.5) is 11.4 Å². The van der Waals surface area contributed by atoms with Crippen LogP contribution in [-0.2, 0) is 25.5 Å². The van der Waals surface area contributed by atoms with Gasteiger partial charge in [0.05, 0.1) is 48.8 Å². The number of carbonyl (C=O) groups excluding carboxylic acids is 2.